The van der Waals surface area contributed by atoms with Crippen molar-refractivity contribution in [2.24, 2.45) is 0 Å². The van der Waals surface area contributed by atoms with Crippen LogP contribution in [0.2, 0.25) is 0 Å². The maximum atomic E-state index is 12.8. The van der Waals surface area contributed by atoms with E-state index in [1.165, 1.54) is 11.5 Å². The Hall–Kier alpha value is -3.20. The van der Waals surface area contributed by atoms with E-state index in [-0.39, 0.29) is 11.8 Å². The summed E-state index contributed by atoms with van der Waals surface area (Å²) in [4.78, 5) is 35.9. The molecule has 8 nitrogen and oxygen atoms in total. The molecule has 0 unspecified atom stereocenters. The van der Waals surface area contributed by atoms with Crippen molar-refractivity contribution < 1.29 is 9.59 Å². The molecule has 1 saturated heterocycles. The van der Waals surface area contributed by atoms with Gasteiger partial charge in [-0.05, 0) is 42.9 Å². The van der Waals surface area contributed by atoms with E-state index in [0.29, 0.717) is 36.0 Å². The van der Waals surface area contributed by atoms with E-state index < -0.39 is 0 Å². The molecule has 0 aliphatic carbocycles. The third-order valence-electron chi connectivity index (χ3n) is 5.63. The Labute approximate surface area is 184 Å². The highest BCUT2D eigenvalue weighted by Gasteiger charge is 2.27. The highest BCUT2D eigenvalue weighted by Crippen LogP contribution is 2.29. The number of pyridine rings is 2. The number of carbonyl (C=O) groups is 2. The lowest BCUT2D eigenvalue weighted by Gasteiger charge is -2.31. The van der Waals surface area contributed by atoms with Crippen molar-refractivity contribution in [1.82, 2.24) is 29.8 Å². The molecule has 2 amide bonds. The van der Waals surface area contributed by atoms with Gasteiger partial charge in [0.05, 0.1) is 5.69 Å². The summed E-state index contributed by atoms with van der Waals surface area (Å²) in [7, 11) is 1.58. The molecule has 1 aliphatic rings. The molecule has 0 spiro atoms. The molecule has 0 atom stereocenters. The highest BCUT2D eigenvalue weighted by molar-refractivity contribution is 7.08. The number of nitrogens with zero attached hydrogens (tertiary/aromatic N) is 5. The second-order valence-electron chi connectivity index (χ2n) is 7.45. The van der Waals surface area contributed by atoms with E-state index in [4.69, 9.17) is 0 Å². The number of aromatic nitrogens is 4. The van der Waals surface area contributed by atoms with Gasteiger partial charge in [0.15, 0.2) is 0 Å². The summed E-state index contributed by atoms with van der Waals surface area (Å²) in [5, 5.41) is 6.61. The second-order valence-corrected chi connectivity index (χ2v) is 8.21. The topological polar surface area (TPSA) is 101 Å². The lowest BCUT2D eigenvalue weighted by molar-refractivity contribution is 0.0715. The zero-order chi connectivity index (χ0) is 21.8. The first-order chi connectivity index (χ1) is 15.1. The summed E-state index contributed by atoms with van der Waals surface area (Å²) in [5.41, 5.74) is 4.08. The van der Waals surface area contributed by atoms with E-state index in [1.54, 1.807) is 19.3 Å². The van der Waals surface area contributed by atoms with Gasteiger partial charge in [0, 0.05) is 55.3 Å². The molecule has 0 saturated carbocycles. The molecule has 3 aromatic heterocycles. The molecule has 4 heterocycles. The summed E-state index contributed by atoms with van der Waals surface area (Å²) in [6.07, 6.45) is 6.01. The SMILES string of the molecule is CCc1nnsc1C(=O)N1CCC(c2ccc(-c3ccc(C(=O)NC)nc3)cn2)CC1. The number of amides is 2. The minimum absolute atomic E-state index is 0.0429. The van der Waals surface area contributed by atoms with Crippen LogP contribution in [0.5, 0.6) is 0 Å². The maximum Gasteiger partial charge on any atom is 0.269 e. The Kier molecular flexibility index (Phi) is 6.31. The fraction of sp³-hybridized carbons (Fsp3) is 0.364. The Morgan fingerprint density at radius 1 is 1.10 bits per heavy atom. The molecule has 1 aliphatic heterocycles. The van der Waals surface area contributed by atoms with Crippen molar-refractivity contribution in [3.8, 4) is 11.1 Å². The standard InChI is InChI=1S/C22H24N6O2S/c1-3-17-20(31-27-26-17)22(30)28-10-8-14(9-11-28)18-6-4-15(12-24-18)16-5-7-19(25-13-16)21(29)23-2/h4-7,12-14H,3,8-11H2,1-2H3,(H,23,29). The molecule has 0 aromatic carbocycles. The summed E-state index contributed by atoms with van der Waals surface area (Å²) < 4.78 is 3.93. The number of hydrogen-bond acceptors (Lipinski definition) is 7. The van der Waals surface area contributed by atoms with E-state index in [1.807, 2.05) is 36.2 Å². The largest absolute Gasteiger partial charge is 0.354 e. The van der Waals surface area contributed by atoms with Crippen LogP contribution in [-0.4, -0.2) is 56.4 Å². The Morgan fingerprint density at radius 3 is 2.39 bits per heavy atom. The van der Waals surface area contributed by atoms with Crippen molar-refractivity contribution in [3.63, 3.8) is 0 Å². The number of aryl methyl sites for hydroxylation is 1. The van der Waals surface area contributed by atoms with Crippen LogP contribution in [0.1, 0.15) is 57.2 Å². The van der Waals surface area contributed by atoms with Gasteiger partial charge in [0.2, 0.25) is 0 Å². The van der Waals surface area contributed by atoms with Crippen LogP contribution in [0.25, 0.3) is 11.1 Å². The first kappa shape index (κ1) is 21.0. The van der Waals surface area contributed by atoms with Gasteiger partial charge in [-0.3, -0.25) is 19.6 Å². The van der Waals surface area contributed by atoms with Crippen molar-refractivity contribution in [2.75, 3.05) is 20.1 Å². The average molecular weight is 437 g/mol. The predicted octanol–water partition coefficient (Wildman–Crippen LogP) is 2.94. The van der Waals surface area contributed by atoms with Gasteiger partial charge in [-0.25, -0.2) is 0 Å². The molecule has 3 aromatic rings. The summed E-state index contributed by atoms with van der Waals surface area (Å²) in [6, 6.07) is 7.66. The molecule has 1 fully saturated rings. The van der Waals surface area contributed by atoms with Crippen molar-refractivity contribution >= 4 is 23.3 Å². The molecule has 0 radical (unpaired) electrons. The van der Waals surface area contributed by atoms with Gasteiger partial charge in [-0.2, -0.15) is 0 Å². The number of piperidine rings is 1. The molecule has 1 N–H and O–H groups in total. The van der Waals surface area contributed by atoms with Gasteiger partial charge in [0.25, 0.3) is 11.8 Å². The van der Waals surface area contributed by atoms with Crippen LogP contribution >= 0.6 is 11.5 Å². The summed E-state index contributed by atoms with van der Waals surface area (Å²) in [6.45, 7) is 3.40. The third-order valence-corrected chi connectivity index (χ3v) is 6.38. The van der Waals surface area contributed by atoms with Crippen LogP contribution in [0, 0.1) is 0 Å². The minimum Gasteiger partial charge on any atom is -0.354 e. The molecule has 9 heteroatoms. The van der Waals surface area contributed by atoms with Gasteiger partial charge in [-0.15, -0.1) is 5.10 Å². The minimum atomic E-state index is -0.206. The number of carbonyl (C=O) groups excluding carboxylic acids is 2. The molecule has 31 heavy (non-hydrogen) atoms. The van der Waals surface area contributed by atoms with E-state index in [2.05, 4.69) is 24.9 Å². The quantitative estimate of drug-likeness (QED) is 0.660. The lowest BCUT2D eigenvalue weighted by atomic mass is 9.92. The van der Waals surface area contributed by atoms with Gasteiger partial charge in [-0.1, -0.05) is 23.5 Å². The van der Waals surface area contributed by atoms with Crippen LogP contribution < -0.4 is 5.32 Å². The molecule has 0 bridgehead atoms. The first-order valence-corrected chi connectivity index (χ1v) is 11.1. The maximum absolute atomic E-state index is 12.8. The molecular weight excluding hydrogens is 412 g/mol. The number of likely N-dealkylation sites (tertiary alicyclic amines) is 1. The fourth-order valence-corrected chi connectivity index (χ4v) is 4.49. The van der Waals surface area contributed by atoms with Crippen LogP contribution in [0.4, 0.5) is 0 Å². The van der Waals surface area contributed by atoms with Gasteiger partial charge in [0.1, 0.15) is 10.6 Å². The predicted molar refractivity (Wildman–Crippen MR) is 118 cm³/mol. The van der Waals surface area contributed by atoms with E-state index in [0.717, 1.165) is 35.4 Å². The molecule has 160 valence electrons. The lowest BCUT2D eigenvalue weighted by Crippen LogP contribution is -2.38. The van der Waals surface area contributed by atoms with Crippen molar-refractivity contribution in [3.05, 3.63) is 58.6 Å². The van der Waals surface area contributed by atoms with E-state index >= 15 is 0 Å². The van der Waals surface area contributed by atoms with Gasteiger partial charge < -0.3 is 10.2 Å². The summed E-state index contributed by atoms with van der Waals surface area (Å²) in [5.74, 6) is 0.167. The van der Waals surface area contributed by atoms with Crippen molar-refractivity contribution in [1.29, 1.82) is 0 Å². The molecular formula is C22H24N6O2S. The van der Waals surface area contributed by atoms with Crippen LogP contribution in [0.15, 0.2) is 36.7 Å². The fourth-order valence-electron chi connectivity index (χ4n) is 3.77. The second kappa shape index (κ2) is 9.30. The smallest absolute Gasteiger partial charge is 0.269 e. The average Bonchev–Trinajstić information content (AvgIpc) is 3.32. The molecule has 4 rings (SSSR count). The third kappa shape index (κ3) is 4.46. The zero-order valence-corrected chi connectivity index (χ0v) is 18.4. The van der Waals surface area contributed by atoms with Crippen molar-refractivity contribution in [2.45, 2.75) is 32.1 Å². The Balaban J connectivity index is 1.38. The Morgan fingerprint density at radius 2 is 1.81 bits per heavy atom. The van der Waals surface area contributed by atoms with E-state index in [9.17, 15) is 9.59 Å². The van der Waals surface area contributed by atoms with Crippen LogP contribution in [-0.2, 0) is 6.42 Å². The normalized spacial score (nSPS) is 14.5. The number of nitrogens with one attached hydrogen (secondary N) is 1. The Bertz CT molecular complexity index is 1060. The monoisotopic (exact) mass is 436 g/mol. The number of rotatable bonds is 5. The summed E-state index contributed by atoms with van der Waals surface area (Å²) >= 11 is 1.18. The highest BCUT2D eigenvalue weighted by atomic mass is 32.1. The number of hydrogen-bond donors (Lipinski definition) is 1. The van der Waals surface area contributed by atoms with Gasteiger partial charge >= 0.3 is 0 Å². The first-order valence-electron chi connectivity index (χ1n) is 10.4. The zero-order valence-electron chi connectivity index (χ0n) is 17.5. The van der Waals surface area contributed by atoms with Crippen LogP contribution in [0.3, 0.4) is 0 Å².